The van der Waals surface area contributed by atoms with Crippen molar-refractivity contribution in [3.63, 3.8) is 0 Å². The highest BCUT2D eigenvalue weighted by molar-refractivity contribution is 8.05. The standard InChI is InChI=1S/C15H12F5NO10S2/c1-8(2)12(23)31-10-5-3-9(4-6-10)30-11(22)7-29-13(24)14(16,17)32(25,26)21-33(27,28)15(18,19)20/h3-6,21H,1,7H2,2H3. The van der Waals surface area contributed by atoms with E-state index >= 15 is 0 Å². The Bertz CT molecular complexity index is 1160. The van der Waals surface area contributed by atoms with Crippen LogP contribution in [0.5, 0.6) is 11.5 Å². The molecule has 184 valence electrons. The zero-order chi connectivity index (χ0) is 25.8. The highest BCUT2D eigenvalue weighted by Crippen LogP contribution is 2.28. The minimum Gasteiger partial charge on any atom is -0.448 e. The maximum Gasteiger partial charge on any atom is 0.512 e. The van der Waals surface area contributed by atoms with Gasteiger partial charge in [0.2, 0.25) is 0 Å². The second-order valence-electron chi connectivity index (χ2n) is 5.74. The van der Waals surface area contributed by atoms with Crippen molar-refractivity contribution in [3.8, 4) is 11.5 Å². The summed E-state index contributed by atoms with van der Waals surface area (Å²) in [5, 5.41) is -5.83. The van der Waals surface area contributed by atoms with Gasteiger partial charge in [-0.05, 0) is 31.2 Å². The minimum absolute atomic E-state index is 0.000356. The van der Waals surface area contributed by atoms with Gasteiger partial charge >= 0.3 is 48.7 Å². The molecular formula is C15H12F5NO10S2. The molecular weight excluding hydrogens is 513 g/mol. The van der Waals surface area contributed by atoms with Crippen LogP contribution in [-0.4, -0.2) is 52.1 Å². The molecule has 0 aliphatic carbocycles. The van der Waals surface area contributed by atoms with Crippen LogP contribution >= 0.6 is 0 Å². The molecule has 0 bridgehead atoms. The Morgan fingerprint density at radius 3 is 1.79 bits per heavy atom. The van der Waals surface area contributed by atoms with Crippen LogP contribution in [-0.2, 0) is 39.2 Å². The molecule has 0 saturated carbocycles. The lowest BCUT2D eigenvalue weighted by molar-refractivity contribution is -0.166. The lowest BCUT2D eigenvalue weighted by Gasteiger charge is -2.16. The molecule has 0 atom stereocenters. The highest BCUT2D eigenvalue weighted by atomic mass is 32.3. The van der Waals surface area contributed by atoms with Crippen molar-refractivity contribution in [1.29, 1.82) is 0 Å². The van der Waals surface area contributed by atoms with Gasteiger partial charge in [-0.2, -0.15) is 22.0 Å². The largest absolute Gasteiger partial charge is 0.512 e. The van der Waals surface area contributed by atoms with Gasteiger partial charge in [0.25, 0.3) is 0 Å². The first-order chi connectivity index (χ1) is 14.8. The van der Waals surface area contributed by atoms with Gasteiger partial charge in [-0.15, -0.1) is 0 Å². The van der Waals surface area contributed by atoms with E-state index in [1.165, 1.54) is 6.92 Å². The molecule has 0 aliphatic heterocycles. The summed E-state index contributed by atoms with van der Waals surface area (Å²) in [5.41, 5.74) is -6.21. The second-order valence-corrected chi connectivity index (χ2v) is 9.40. The van der Waals surface area contributed by atoms with Gasteiger partial charge in [0.1, 0.15) is 11.5 Å². The van der Waals surface area contributed by atoms with Crippen LogP contribution in [0.1, 0.15) is 6.92 Å². The Morgan fingerprint density at radius 1 is 0.909 bits per heavy atom. The molecule has 0 aromatic heterocycles. The predicted molar refractivity (Wildman–Crippen MR) is 95.5 cm³/mol. The first-order valence-corrected chi connectivity index (χ1v) is 10.8. The smallest absolute Gasteiger partial charge is 0.448 e. The molecule has 18 heteroatoms. The Kier molecular flexibility index (Phi) is 8.28. The minimum atomic E-state index is -6.81. The maximum atomic E-state index is 13.6. The number of rotatable bonds is 9. The SMILES string of the molecule is C=C(C)C(=O)Oc1ccc(OC(=O)COC(=O)C(F)(F)S(=O)(=O)NS(=O)(=O)C(F)(F)F)cc1. The van der Waals surface area contributed by atoms with Crippen molar-refractivity contribution >= 4 is 38.0 Å². The third-order valence-corrected chi connectivity index (χ3v) is 6.24. The summed E-state index contributed by atoms with van der Waals surface area (Å²) in [6, 6.07) is 4.41. The molecule has 0 heterocycles. The molecule has 0 radical (unpaired) electrons. The molecule has 0 unspecified atom stereocenters. The van der Waals surface area contributed by atoms with E-state index in [9.17, 15) is 53.2 Å². The van der Waals surface area contributed by atoms with Crippen molar-refractivity contribution in [3.05, 3.63) is 36.4 Å². The number of hydrogen-bond donors (Lipinski definition) is 1. The number of hydrogen-bond acceptors (Lipinski definition) is 10. The predicted octanol–water partition coefficient (Wildman–Crippen LogP) is 0.979. The number of sulfonamides is 2. The third-order valence-electron chi connectivity index (χ3n) is 3.03. The zero-order valence-corrected chi connectivity index (χ0v) is 17.6. The summed E-state index contributed by atoms with van der Waals surface area (Å²) in [5.74, 6) is -5.64. The third kappa shape index (κ3) is 7.19. The lowest BCUT2D eigenvalue weighted by Crippen LogP contribution is -2.51. The summed E-state index contributed by atoms with van der Waals surface area (Å²) in [7, 11) is -13.6. The van der Waals surface area contributed by atoms with Gasteiger partial charge in [0, 0.05) is 5.57 Å². The molecule has 0 saturated heterocycles. The van der Waals surface area contributed by atoms with Crippen LogP contribution in [0.4, 0.5) is 22.0 Å². The zero-order valence-electron chi connectivity index (χ0n) is 16.0. The van der Waals surface area contributed by atoms with Gasteiger partial charge in [-0.25, -0.2) is 31.2 Å². The van der Waals surface area contributed by atoms with E-state index in [1.54, 1.807) is 0 Å². The van der Waals surface area contributed by atoms with Crippen LogP contribution in [0.25, 0.3) is 0 Å². The van der Waals surface area contributed by atoms with Gasteiger partial charge < -0.3 is 14.2 Å². The van der Waals surface area contributed by atoms with Gasteiger partial charge in [-0.3, -0.25) is 0 Å². The quantitative estimate of drug-likeness (QED) is 0.213. The fraction of sp³-hybridized carbons (Fsp3) is 0.267. The summed E-state index contributed by atoms with van der Waals surface area (Å²) in [6.07, 6.45) is 0. The Morgan fingerprint density at radius 2 is 1.36 bits per heavy atom. The number of alkyl halides is 5. The van der Waals surface area contributed by atoms with Crippen molar-refractivity contribution in [2.75, 3.05) is 6.61 Å². The van der Waals surface area contributed by atoms with Crippen molar-refractivity contribution < 1.29 is 67.4 Å². The van der Waals surface area contributed by atoms with E-state index in [1.807, 2.05) is 0 Å². The molecule has 0 spiro atoms. The number of halogens is 5. The summed E-state index contributed by atoms with van der Waals surface area (Å²) < 4.78 is 120. The molecule has 1 aromatic rings. The van der Waals surface area contributed by atoms with E-state index in [0.717, 1.165) is 24.3 Å². The lowest BCUT2D eigenvalue weighted by atomic mass is 10.3. The molecule has 0 amide bonds. The van der Waals surface area contributed by atoms with E-state index in [2.05, 4.69) is 16.1 Å². The number of benzene rings is 1. The molecule has 1 rings (SSSR count). The summed E-state index contributed by atoms with van der Waals surface area (Å²) in [4.78, 5) is 34.2. The monoisotopic (exact) mass is 525 g/mol. The first kappa shape index (κ1) is 27.9. The number of ether oxygens (including phenoxy) is 3. The molecule has 33 heavy (non-hydrogen) atoms. The second kappa shape index (κ2) is 9.79. The molecule has 11 nitrogen and oxygen atoms in total. The number of carbonyl (C=O) groups is 3. The van der Waals surface area contributed by atoms with Gasteiger partial charge in [0.15, 0.2) is 6.61 Å². The molecule has 1 aromatic carbocycles. The Hall–Kier alpha value is -3.12. The van der Waals surface area contributed by atoms with Gasteiger partial charge in [-0.1, -0.05) is 10.7 Å². The van der Waals surface area contributed by atoms with E-state index in [4.69, 9.17) is 4.74 Å². The Labute approximate surface area is 182 Å². The van der Waals surface area contributed by atoms with E-state index < -0.39 is 55.3 Å². The topological polar surface area (TPSA) is 159 Å². The van der Waals surface area contributed by atoms with E-state index in [0.29, 0.717) is 0 Å². The van der Waals surface area contributed by atoms with Crippen LogP contribution < -0.4 is 13.6 Å². The molecule has 1 N–H and O–H groups in total. The van der Waals surface area contributed by atoms with Crippen molar-refractivity contribution in [2.45, 2.75) is 17.7 Å². The fourth-order valence-electron chi connectivity index (χ4n) is 1.49. The maximum absolute atomic E-state index is 13.6. The number of nitrogens with one attached hydrogen (secondary N) is 1. The van der Waals surface area contributed by atoms with Crippen LogP contribution in [0, 0.1) is 0 Å². The summed E-state index contributed by atoms with van der Waals surface area (Å²) in [6.45, 7) is 3.08. The van der Waals surface area contributed by atoms with Gasteiger partial charge in [0.05, 0.1) is 0 Å². The van der Waals surface area contributed by atoms with Crippen LogP contribution in [0.3, 0.4) is 0 Å². The molecule has 0 aliphatic rings. The Balaban J connectivity index is 2.76. The average molecular weight is 525 g/mol. The number of esters is 3. The summed E-state index contributed by atoms with van der Waals surface area (Å²) >= 11 is 0. The normalized spacial score (nSPS) is 12.5. The fourth-order valence-corrected chi connectivity index (χ4v) is 3.72. The number of carbonyl (C=O) groups excluding carboxylic acids is 3. The van der Waals surface area contributed by atoms with Crippen LogP contribution in [0.15, 0.2) is 36.4 Å². The highest BCUT2D eigenvalue weighted by Gasteiger charge is 2.60. The molecule has 0 fully saturated rings. The van der Waals surface area contributed by atoms with Crippen molar-refractivity contribution in [1.82, 2.24) is 4.13 Å². The van der Waals surface area contributed by atoms with E-state index in [-0.39, 0.29) is 21.2 Å². The average Bonchev–Trinajstić information content (AvgIpc) is 2.65. The van der Waals surface area contributed by atoms with Crippen molar-refractivity contribution in [2.24, 2.45) is 0 Å². The van der Waals surface area contributed by atoms with Crippen LogP contribution in [0.2, 0.25) is 0 Å². The first-order valence-electron chi connectivity index (χ1n) is 7.88.